The SMILES string of the molecule is CCOC1C(=C=O)C=CC=C1NN1C(=O)N(C)C(OCC)N1C(=O)N=S(=O)=O. The lowest BCUT2D eigenvalue weighted by Crippen LogP contribution is -2.53. The standard InChI is InChI=1S/C15H19N5O7S/c1-4-26-12-10(9-21)7-6-8-11(12)16-20-14(23)18(3)15(27-5-2)19(20)13(22)17-28(24)25/h6-8,12,15-16H,4-5H2,1-3H3. The van der Waals surface area contributed by atoms with Crippen LogP contribution < -0.4 is 5.43 Å². The van der Waals surface area contributed by atoms with Crippen molar-refractivity contribution in [2.45, 2.75) is 26.3 Å². The second-order valence-electron chi connectivity index (χ2n) is 5.41. The van der Waals surface area contributed by atoms with Crippen LogP contribution in [-0.4, -0.2) is 74.2 Å². The van der Waals surface area contributed by atoms with Gasteiger partial charge in [-0.1, -0.05) is 10.4 Å². The van der Waals surface area contributed by atoms with E-state index in [0.717, 1.165) is 10.0 Å². The number of urea groups is 2. The number of ether oxygens (including phenoxy) is 2. The second-order valence-corrected chi connectivity index (χ2v) is 6.02. The molecule has 2 atom stereocenters. The number of nitrogens with one attached hydrogen (secondary N) is 1. The number of allylic oxidation sites excluding steroid dienone is 2. The van der Waals surface area contributed by atoms with E-state index in [2.05, 4.69) is 9.79 Å². The Morgan fingerprint density at radius 2 is 2.00 bits per heavy atom. The molecule has 1 N–H and O–H groups in total. The number of nitrogens with zero attached hydrogens (tertiary/aromatic N) is 4. The summed E-state index contributed by atoms with van der Waals surface area (Å²) in [6, 6.07) is -1.97. The molecule has 0 spiro atoms. The van der Waals surface area contributed by atoms with Crippen molar-refractivity contribution in [2.24, 2.45) is 4.36 Å². The molecule has 28 heavy (non-hydrogen) atoms. The summed E-state index contributed by atoms with van der Waals surface area (Å²) in [6.07, 6.45) is 2.48. The molecule has 0 aromatic carbocycles. The van der Waals surface area contributed by atoms with Gasteiger partial charge in [-0.2, -0.15) is 13.4 Å². The molecule has 0 radical (unpaired) electrons. The molecular formula is C15H19N5O7S. The summed E-state index contributed by atoms with van der Waals surface area (Å²) in [6.45, 7) is 3.74. The van der Waals surface area contributed by atoms with Gasteiger partial charge < -0.3 is 9.47 Å². The molecule has 1 fully saturated rings. The molecule has 2 unspecified atom stereocenters. The summed E-state index contributed by atoms with van der Waals surface area (Å²) >= 11 is 0. The van der Waals surface area contributed by atoms with Gasteiger partial charge in [0, 0.05) is 20.3 Å². The Labute approximate surface area is 162 Å². The highest BCUT2D eigenvalue weighted by Crippen LogP contribution is 2.24. The van der Waals surface area contributed by atoms with Gasteiger partial charge in [-0.25, -0.2) is 14.4 Å². The van der Waals surface area contributed by atoms with Crippen LogP contribution in [0, 0.1) is 0 Å². The highest BCUT2D eigenvalue weighted by molar-refractivity contribution is 7.62. The molecular weight excluding hydrogens is 394 g/mol. The van der Waals surface area contributed by atoms with E-state index in [-0.39, 0.29) is 24.5 Å². The van der Waals surface area contributed by atoms with Crippen molar-refractivity contribution in [1.29, 1.82) is 0 Å². The van der Waals surface area contributed by atoms with Crippen molar-refractivity contribution in [3.63, 3.8) is 0 Å². The third-order valence-electron chi connectivity index (χ3n) is 3.71. The molecule has 2 aliphatic rings. The monoisotopic (exact) mass is 413 g/mol. The van der Waals surface area contributed by atoms with E-state index >= 15 is 0 Å². The van der Waals surface area contributed by atoms with Crippen LogP contribution in [0.1, 0.15) is 13.8 Å². The average molecular weight is 413 g/mol. The zero-order valence-electron chi connectivity index (χ0n) is 15.4. The predicted molar refractivity (Wildman–Crippen MR) is 94.0 cm³/mol. The molecule has 1 saturated heterocycles. The Kier molecular flexibility index (Phi) is 7.06. The quantitative estimate of drug-likeness (QED) is 0.609. The summed E-state index contributed by atoms with van der Waals surface area (Å²) in [4.78, 5) is 37.2. The van der Waals surface area contributed by atoms with Crippen LogP contribution in [-0.2, 0) is 24.8 Å². The predicted octanol–water partition coefficient (Wildman–Crippen LogP) is 0.195. The number of rotatable bonds is 6. The fourth-order valence-electron chi connectivity index (χ4n) is 2.57. The van der Waals surface area contributed by atoms with Crippen LogP contribution in [0.4, 0.5) is 9.59 Å². The highest BCUT2D eigenvalue weighted by Gasteiger charge is 2.47. The van der Waals surface area contributed by atoms with Crippen molar-refractivity contribution in [1.82, 2.24) is 20.5 Å². The summed E-state index contributed by atoms with van der Waals surface area (Å²) in [5, 5.41) is 1.45. The highest BCUT2D eigenvalue weighted by atomic mass is 32.2. The Hall–Kier alpha value is -2.99. The van der Waals surface area contributed by atoms with Gasteiger partial charge in [0.1, 0.15) is 12.0 Å². The van der Waals surface area contributed by atoms with Gasteiger partial charge in [-0.05, 0) is 26.0 Å². The number of amides is 4. The molecule has 4 amide bonds. The number of hydrogen-bond donors (Lipinski definition) is 1. The van der Waals surface area contributed by atoms with Gasteiger partial charge in [0.15, 0.2) is 0 Å². The molecule has 1 heterocycles. The zero-order chi connectivity index (χ0) is 20.8. The molecule has 0 aromatic rings. The molecule has 0 aromatic heterocycles. The minimum absolute atomic E-state index is 0.130. The minimum Gasteiger partial charge on any atom is -0.367 e. The van der Waals surface area contributed by atoms with E-state index in [4.69, 9.17) is 9.47 Å². The Bertz CT molecular complexity index is 882. The van der Waals surface area contributed by atoms with Crippen LogP contribution in [0.15, 0.2) is 33.9 Å². The van der Waals surface area contributed by atoms with Crippen molar-refractivity contribution in [3.05, 3.63) is 29.5 Å². The number of hydrazine groups is 2. The lowest BCUT2D eigenvalue weighted by atomic mass is 10.0. The fourth-order valence-corrected chi connectivity index (χ4v) is 2.78. The van der Waals surface area contributed by atoms with Crippen LogP contribution in [0.5, 0.6) is 0 Å². The molecule has 0 bridgehead atoms. The van der Waals surface area contributed by atoms with Crippen LogP contribution in [0.25, 0.3) is 0 Å². The third kappa shape index (κ3) is 4.28. The number of carbonyl (C=O) groups is 2. The molecule has 2 rings (SSSR count). The van der Waals surface area contributed by atoms with E-state index in [0.29, 0.717) is 5.01 Å². The smallest absolute Gasteiger partial charge is 0.367 e. The molecule has 13 heteroatoms. The lowest BCUT2D eigenvalue weighted by molar-refractivity contribution is -0.123. The van der Waals surface area contributed by atoms with E-state index in [1.807, 2.05) is 0 Å². The van der Waals surface area contributed by atoms with Gasteiger partial charge in [-0.15, -0.1) is 5.12 Å². The van der Waals surface area contributed by atoms with Gasteiger partial charge >= 0.3 is 22.6 Å². The number of hydrogen-bond acceptors (Lipinski definition) is 8. The Morgan fingerprint density at radius 1 is 1.32 bits per heavy atom. The molecule has 12 nitrogen and oxygen atoms in total. The van der Waals surface area contributed by atoms with E-state index in [1.165, 1.54) is 25.3 Å². The summed E-state index contributed by atoms with van der Waals surface area (Å²) in [5.41, 5.74) is 3.11. The second kappa shape index (κ2) is 9.28. The minimum atomic E-state index is -3.03. The van der Waals surface area contributed by atoms with Crippen LogP contribution in [0.2, 0.25) is 0 Å². The normalized spacial score (nSPS) is 21.5. The Morgan fingerprint density at radius 3 is 2.57 bits per heavy atom. The van der Waals surface area contributed by atoms with Gasteiger partial charge in [0.2, 0.25) is 6.35 Å². The molecule has 0 saturated carbocycles. The van der Waals surface area contributed by atoms with Crippen molar-refractivity contribution >= 4 is 28.5 Å². The van der Waals surface area contributed by atoms with E-state index in [1.54, 1.807) is 19.8 Å². The maximum absolute atomic E-state index is 12.6. The largest absolute Gasteiger partial charge is 0.383 e. The van der Waals surface area contributed by atoms with Gasteiger partial charge in [0.25, 0.3) is 0 Å². The topological polar surface area (TPSA) is 138 Å². The summed E-state index contributed by atoms with van der Waals surface area (Å²) in [5.74, 6) is 1.76. The Balaban J connectivity index is 2.42. The number of carbonyl (C=O) groups excluding carboxylic acids is 3. The fraction of sp³-hybridized carbons (Fsp3) is 0.467. The average Bonchev–Trinajstić information content (AvgIpc) is 2.88. The first kappa shape index (κ1) is 21.3. The first-order valence-corrected chi connectivity index (χ1v) is 9.23. The lowest BCUT2D eigenvalue weighted by Gasteiger charge is -2.31. The van der Waals surface area contributed by atoms with Crippen LogP contribution in [0.3, 0.4) is 0 Å². The first-order chi connectivity index (χ1) is 13.3. The van der Waals surface area contributed by atoms with E-state index in [9.17, 15) is 22.8 Å². The molecule has 1 aliphatic heterocycles. The van der Waals surface area contributed by atoms with Gasteiger partial charge in [-0.3, -0.25) is 10.3 Å². The maximum Gasteiger partial charge on any atom is 0.383 e. The molecule has 1 aliphatic carbocycles. The maximum atomic E-state index is 12.6. The summed E-state index contributed by atoms with van der Waals surface area (Å²) < 4.78 is 35.5. The van der Waals surface area contributed by atoms with Crippen molar-refractivity contribution in [2.75, 3.05) is 20.3 Å². The first-order valence-electron chi connectivity index (χ1n) is 8.19. The van der Waals surface area contributed by atoms with Crippen LogP contribution >= 0.6 is 0 Å². The zero-order valence-corrected chi connectivity index (χ0v) is 16.2. The van der Waals surface area contributed by atoms with Gasteiger partial charge in [0.05, 0.1) is 11.3 Å². The third-order valence-corrected chi connectivity index (χ3v) is 4.01. The summed E-state index contributed by atoms with van der Waals surface area (Å²) in [7, 11) is -1.67. The molecule has 152 valence electrons. The van der Waals surface area contributed by atoms with Crippen molar-refractivity contribution in [3.8, 4) is 0 Å². The van der Waals surface area contributed by atoms with Crippen molar-refractivity contribution < 1.29 is 32.3 Å². The van der Waals surface area contributed by atoms with E-state index < -0.39 is 35.0 Å².